The number of morpholine rings is 1. The van der Waals surface area contributed by atoms with Gasteiger partial charge < -0.3 is 15.0 Å². The predicted molar refractivity (Wildman–Crippen MR) is 83.4 cm³/mol. The molecule has 110 valence electrons. The van der Waals surface area contributed by atoms with Gasteiger partial charge in [-0.3, -0.25) is 0 Å². The smallest absolute Gasteiger partial charge is 0.0621 e. The minimum absolute atomic E-state index is 0.500. The van der Waals surface area contributed by atoms with Gasteiger partial charge in [0.2, 0.25) is 0 Å². The zero-order chi connectivity index (χ0) is 13.9. The van der Waals surface area contributed by atoms with Gasteiger partial charge in [-0.05, 0) is 44.7 Å². The molecule has 1 fully saturated rings. The molecule has 3 rings (SSSR count). The molecule has 20 heavy (non-hydrogen) atoms. The van der Waals surface area contributed by atoms with Crippen molar-refractivity contribution in [3.05, 3.63) is 29.8 Å². The minimum atomic E-state index is 0.500. The molecule has 1 aromatic carbocycles. The van der Waals surface area contributed by atoms with E-state index >= 15 is 0 Å². The van der Waals surface area contributed by atoms with Crippen LogP contribution < -0.4 is 10.2 Å². The van der Waals surface area contributed by atoms with Crippen molar-refractivity contribution in [1.82, 2.24) is 5.32 Å². The first-order valence-electron chi connectivity index (χ1n) is 7.93. The summed E-state index contributed by atoms with van der Waals surface area (Å²) in [6.45, 7) is 7.41. The zero-order valence-corrected chi connectivity index (χ0v) is 12.6. The molecule has 0 spiro atoms. The molecule has 0 aliphatic carbocycles. The van der Waals surface area contributed by atoms with E-state index < -0.39 is 0 Å². The number of ether oxygens (including phenoxy) is 1. The molecule has 0 aromatic heterocycles. The van der Waals surface area contributed by atoms with E-state index in [2.05, 4.69) is 48.3 Å². The Labute approximate surface area is 122 Å². The van der Waals surface area contributed by atoms with Crippen LogP contribution in [0, 0.1) is 0 Å². The first kappa shape index (κ1) is 13.9. The summed E-state index contributed by atoms with van der Waals surface area (Å²) < 4.78 is 5.59. The lowest BCUT2D eigenvalue weighted by Gasteiger charge is -2.43. The van der Waals surface area contributed by atoms with Crippen molar-refractivity contribution in [1.29, 1.82) is 0 Å². The third kappa shape index (κ3) is 2.84. The van der Waals surface area contributed by atoms with E-state index in [1.807, 2.05) is 0 Å². The number of hydrogen-bond donors (Lipinski definition) is 1. The van der Waals surface area contributed by atoms with Gasteiger partial charge in [0, 0.05) is 30.4 Å². The first-order chi connectivity index (χ1) is 9.75. The quantitative estimate of drug-likeness (QED) is 0.917. The van der Waals surface area contributed by atoms with Crippen LogP contribution >= 0.6 is 0 Å². The fraction of sp³-hybridized carbons (Fsp3) is 0.647. The number of anilines is 1. The van der Waals surface area contributed by atoms with Crippen LogP contribution in [-0.4, -0.2) is 37.9 Å². The lowest BCUT2D eigenvalue weighted by molar-refractivity contribution is 0.0719. The van der Waals surface area contributed by atoms with Crippen molar-refractivity contribution >= 4 is 5.69 Å². The maximum atomic E-state index is 5.59. The number of rotatable bonds is 3. The lowest BCUT2D eigenvalue weighted by Crippen LogP contribution is -2.49. The number of benzene rings is 1. The van der Waals surface area contributed by atoms with E-state index in [4.69, 9.17) is 4.74 Å². The van der Waals surface area contributed by atoms with Gasteiger partial charge in [0.15, 0.2) is 0 Å². The van der Waals surface area contributed by atoms with Gasteiger partial charge in [-0.2, -0.15) is 0 Å². The summed E-state index contributed by atoms with van der Waals surface area (Å²) in [5, 5.41) is 3.58. The van der Waals surface area contributed by atoms with Crippen LogP contribution in [0.2, 0.25) is 0 Å². The summed E-state index contributed by atoms with van der Waals surface area (Å²) >= 11 is 0. The summed E-state index contributed by atoms with van der Waals surface area (Å²) in [7, 11) is 0. The second-order valence-corrected chi connectivity index (χ2v) is 6.23. The maximum Gasteiger partial charge on any atom is 0.0621 e. The predicted octanol–water partition coefficient (Wildman–Crippen LogP) is 2.59. The molecule has 2 aliphatic rings. The number of aryl methyl sites for hydroxylation is 1. The Morgan fingerprint density at radius 3 is 3.05 bits per heavy atom. The highest BCUT2D eigenvalue weighted by Crippen LogP contribution is 2.33. The van der Waals surface area contributed by atoms with Crippen molar-refractivity contribution in [2.75, 3.05) is 24.7 Å². The van der Waals surface area contributed by atoms with Crippen LogP contribution in [0.1, 0.15) is 32.3 Å². The van der Waals surface area contributed by atoms with Gasteiger partial charge in [-0.1, -0.05) is 18.2 Å². The van der Waals surface area contributed by atoms with Crippen molar-refractivity contribution in [3.63, 3.8) is 0 Å². The number of hydrogen-bond acceptors (Lipinski definition) is 3. The lowest BCUT2D eigenvalue weighted by atomic mass is 9.93. The van der Waals surface area contributed by atoms with Crippen molar-refractivity contribution in [3.8, 4) is 0 Å². The molecule has 3 unspecified atom stereocenters. The van der Waals surface area contributed by atoms with Crippen LogP contribution in [0.3, 0.4) is 0 Å². The SMILES string of the molecule is CC1CCc2ccccc2N1C(C)CC1COCCN1. The summed E-state index contributed by atoms with van der Waals surface area (Å²) in [6, 6.07) is 10.6. The molecule has 3 heteroatoms. The van der Waals surface area contributed by atoms with Crippen LogP contribution in [-0.2, 0) is 11.2 Å². The Kier molecular flexibility index (Phi) is 4.27. The summed E-state index contributed by atoms with van der Waals surface area (Å²) in [4.78, 5) is 2.62. The Balaban J connectivity index is 1.74. The summed E-state index contributed by atoms with van der Waals surface area (Å²) in [5.41, 5.74) is 2.95. The first-order valence-corrected chi connectivity index (χ1v) is 7.93. The molecule has 0 radical (unpaired) electrons. The highest BCUT2D eigenvalue weighted by Gasteiger charge is 2.28. The fourth-order valence-corrected chi connectivity index (χ4v) is 3.68. The van der Waals surface area contributed by atoms with Gasteiger partial charge in [-0.15, -0.1) is 0 Å². The Hall–Kier alpha value is -1.06. The average molecular weight is 274 g/mol. The Morgan fingerprint density at radius 1 is 1.40 bits per heavy atom. The number of nitrogens with zero attached hydrogens (tertiary/aromatic N) is 1. The molecule has 2 heterocycles. The molecular weight excluding hydrogens is 248 g/mol. The third-order valence-electron chi connectivity index (χ3n) is 4.68. The maximum absolute atomic E-state index is 5.59. The van der Waals surface area contributed by atoms with Crippen LogP contribution in [0.4, 0.5) is 5.69 Å². The van der Waals surface area contributed by atoms with Gasteiger partial charge >= 0.3 is 0 Å². The highest BCUT2D eigenvalue weighted by atomic mass is 16.5. The Morgan fingerprint density at radius 2 is 2.25 bits per heavy atom. The van der Waals surface area contributed by atoms with Gasteiger partial charge in [0.1, 0.15) is 0 Å². The number of fused-ring (bicyclic) bond motifs is 1. The second kappa shape index (κ2) is 6.15. The topological polar surface area (TPSA) is 24.5 Å². The van der Waals surface area contributed by atoms with E-state index in [9.17, 15) is 0 Å². The standard InChI is InChI=1S/C17H26N2O/c1-13-7-8-15-5-3-4-6-17(15)19(13)14(2)11-16-12-20-10-9-18-16/h3-6,13-14,16,18H,7-12H2,1-2H3. The highest BCUT2D eigenvalue weighted by molar-refractivity contribution is 5.57. The van der Waals surface area contributed by atoms with Crippen LogP contribution in [0.5, 0.6) is 0 Å². The second-order valence-electron chi connectivity index (χ2n) is 6.23. The molecule has 1 aromatic rings. The monoisotopic (exact) mass is 274 g/mol. The average Bonchev–Trinajstić information content (AvgIpc) is 2.48. The van der Waals surface area contributed by atoms with Crippen molar-refractivity contribution < 1.29 is 4.74 Å². The molecular formula is C17H26N2O. The molecule has 3 atom stereocenters. The van der Waals surface area contributed by atoms with Gasteiger partial charge in [-0.25, -0.2) is 0 Å². The van der Waals surface area contributed by atoms with Crippen LogP contribution in [0.25, 0.3) is 0 Å². The van der Waals surface area contributed by atoms with Gasteiger partial charge in [0.05, 0.1) is 13.2 Å². The van der Waals surface area contributed by atoms with E-state index in [0.29, 0.717) is 18.1 Å². The van der Waals surface area contributed by atoms with E-state index in [-0.39, 0.29) is 0 Å². The largest absolute Gasteiger partial charge is 0.379 e. The van der Waals surface area contributed by atoms with E-state index in [0.717, 1.165) is 26.2 Å². The third-order valence-corrected chi connectivity index (χ3v) is 4.68. The van der Waals surface area contributed by atoms with E-state index in [1.54, 1.807) is 0 Å². The molecule has 2 aliphatic heterocycles. The van der Waals surface area contributed by atoms with Crippen LogP contribution in [0.15, 0.2) is 24.3 Å². The molecule has 1 saturated heterocycles. The van der Waals surface area contributed by atoms with Crippen molar-refractivity contribution in [2.24, 2.45) is 0 Å². The van der Waals surface area contributed by atoms with Gasteiger partial charge in [0.25, 0.3) is 0 Å². The zero-order valence-electron chi connectivity index (χ0n) is 12.6. The minimum Gasteiger partial charge on any atom is -0.379 e. The molecule has 0 amide bonds. The van der Waals surface area contributed by atoms with E-state index in [1.165, 1.54) is 24.1 Å². The molecule has 1 N–H and O–H groups in total. The summed E-state index contributed by atoms with van der Waals surface area (Å²) in [5.74, 6) is 0. The Bertz CT molecular complexity index is 442. The normalized spacial score (nSPS) is 28.0. The molecule has 3 nitrogen and oxygen atoms in total. The molecule has 0 bridgehead atoms. The fourth-order valence-electron chi connectivity index (χ4n) is 3.68. The molecule has 0 saturated carbocycles. The number of para-hydroxylation sites is 1. The number of nitrogens with one attached hydrogen (secondary N) is 1. The summed E-state index contributed by atoms with van der Waals surface area (Å²) in [6.07, 6.45) is 3.62. The van der Waals surface area contributed by atoms with Crippen molar-refractivity contribution in [2.45, 2.75) is 51.2 Å².